The Balaban J connectivity index is 1.59. The van der Waals surface area contributed by atoms with Gasteiger partial charge in [0, 0.05) is 43.1 Å². The quantitative estimate of drug-likeness (QED) is 0.247. The lowest BCUT2D eigenvalue weighted by atomic mass is 9.83. The van der Waals surface area contributed by atoms with E-state index in [0.717, 1.165) is 34.2 Å². The fourth-order valence-corrected chi connectivity index (χ4v) is 6.45. The third-order valence-corrected chi connectivity index (χ3v) is 8.04. The van der Waals surface area contributed by atoms with Crippen molar-refractivity contribution in [1.82, 2.24) is 4.98 Å². The molecule has 3 aromatic heterocycles. The molecule has 180 valence electrons. The maximum Gasteiger partial charge on any atom is 0.144 e. The summed E-state index contributed by atoms with van der Waals surface area (Å²) in [6.07, 6.45) is 3.05. The Morgan fingerprint density at radius 3 is 2.25 bits per heavy atom. The fourth-order valence-electron chi connectivity index (χ4n) is 5.52. The molecule has 0 N–H and O–H groups in total. The Labute approximate surface area is 216 Å². The van der Waals surface area contributed by atoms with Gasteiger partial charge in [0.25, 0.3) is 0 Å². The van der Waals surface area contributed by atoms with Crippen molar-refractivity contribution in [1.29, 1.82) is 0 Å². The summed E-state index contributed by atoms with van der Waals surface area (Å²) in [6.45, 7) is 13.4. The van der Waals surface area contributed by atoms with Crippen LogP contribution < -0.4 is 0 Å². The number of pyridine rings is 1. The number of hydrogen-bond acceptors (Lipinski definition) is 3. The van der Waals surface area contributed by atoms with E-state index in [4.69, 9.17) is 9.40 Å². The minimum Gasteiger partial charge on any atom is -0.455 e. The van der Waals surface area contributed by atoms with Gasteiger partial charge in [-0.2, -0.15) is 0 Å². The van der Waals surface area contributed by atoms with E-state index >= 15 is 0 Å². The molecule has 0 aliphatic heterocycles. The minimum atomic E-state index is 0.151. The Morgan fingerprint density at radius 2 is 1.50 bits per heavy atom. The Kier molecular flexibility index (Phi) is 5.31. The molecule has 0 saturated carbocycles. The first kappa shape index (κ1) is 23.0. The van der Waals surface area contributed by atoms with Crippen molar-refractivity contribution in [3.8, 4) is 22.4 Å². The van der Waals surface area contributed by atoms with Gasteiger partial charge < -0.3 is 4.42 Å². The molecule has 0 radical (unpaired) electrons. The molecular weight excluding hydrogens is 458 g/mol. The zero-order valence-electron chi connectivity index (χ0n) is 21.8. The van der Waals surface area contributed by atoms with Crippen LogP contribution in [0.5, 0.6) is 0 Å². The van der Waals surface area contributed by atoms with Gasteiger partial charge in [0.2, 0.25) is 0 Å². The molecule has 3 aromatic carbocycles. The van der Waals surface area contributed by atoms with Gasteiger partial charge in [-0.15, -0.1) is 11.3 Å². The van der Waals surface area contributed by atoms with Crippen LogP contribution in [0.1, 0.15) is 42.3 Å². The lowest BCUT2D eigenvalue weighted by molar-refractivity contribution is 0.411. The summed E-state index contributed by atoms with van der Waals surface area (Å²) in [4.78, 5) is 6.33. The summed E-state index contributed by atoms with van der Waals surface area (Å²) in [5.74, 6) is 0. The molecule has 0 saturated heterocycles. The van der Waals surface area contributed by atoms with Crippen molar-refractivity contribution in [3.63, 3.8) is 0 Å². The van der Waals surface area contributed by atoms with E-state index in [2.05, 4.69) is 108 Å². The van der Waals surface area contributed by atoms with Crippen molar-refractivity contribution in [2.24, 2.45) is 5.41 Å². The molecule has 0 atom stereocenters. The molecule has 0 fully saturated rings. The van der Waals surface area contributed by atoms with Crippen LogP contribution in [0.3, 0.4) is 0 Å². The highest BCUT2D eigenvalue weighted by Gasteiger charge is 2.21. The zero-order valence-corrected chi connectivity index (χ0v) is 22.6. The van der Waals surface area contributed by atoms with Gasteiger partial charge in [-0.25, -0.2) is 0 Å². The number of aromatic nitrogens is 1. The van der Waals surface area contributed by atoms with Crippen molar-refractivity contribution in [3.05, 3.63) is 88.4 Å². The second kappa shape index (κ2) is 8.31. The van der Waals surface area contributed by atoms with E-state index in [1.54, 1.807) is 0 Å². The third-order valence-electron chi connectivity index (χ3n) is 7.02. The Morgan fingerprint density at radius 1 is 0.778 bits per heavy atom. The van der Waals surface area contributed by atoms with Gasteiger partial charge in [-0.05, 0) is 85.2 Å². The highest BCUT2D eigenvalue weighted by molar-refractivity contribution is 7.19. The topological polar surface area (TPSA) is 26.0 Å². The number of nitrogens with zero attached hydrogens (tertiary/aromatic N) is 1. The van der Waals surface area contributed by atoms with E-state index in [1.165, 1.54) is 48.2 Å². The molecule has 36 heavy (non-hydrogen) atoms. The van der Waals surface area contributed by atoms with E-state index in [0.29, 0.717) is 0 Å². The normalized spacial score (nSPS) is 12.3. The van der Waals surface area contributed by atoms with Crippen LogP contribution in [0.4, 0.5) is 0 Å². The number of benzene rings is 3. The predicted molar refractivity (Wildman–Crippen MR) is 155 cm³/mol. The number of aryl methyl sites for hydroxylation is 3. The number of thiophene rings is 1. The highest BCUT2D eigenvalue weighted by atomic mass is 32.1. The lowest BCUT2D eigenvalue weighted by Crippen LogP contribution is -2.11. The van der Waals surface area contributed by atoms with Crippen LogP contribution >= 0.6 is 11.3 Å². The van der Waals surface area contributed by atoms with Gasteiger partial charge in [0.1, 0.15) is 11.2 Å². The van der Waals surface area contributed by atoms with E-state index in [-0.39, 0.29) is 5.41 Å². The monoisotopic (exact) mass is 489 g/mol. The summed E-state index contributed by atoms with van der Waals surface area (Å²) in [5, 5.41) is 3.51. The molecule has 0 spiro atoms. The van der Waals surface area contributed by atoms with Crippen LogP contribution in [0.2, 0.25) is 0 Å². The highest BCUT2D eigenvalue weighted by Crippen LogP contribution is 2.41. The molecule has 2 nitrogen and oxygen atoms in total. The molecule has 3 heterocycles. The molecule has 0 bridgehead atoms. The number of hydrogen-bond donors (Lipinski definition) is 0. The average Bonchev–Trinajstić information content (AvgIpc) is 3.38. The molecule has 0 amide bonds. The van der Waals surface area contributed by atoms with E-state index in [9.17, 15) is 0 Å². The van der Waals surface area contributed by atoms with Crippen molar-refractivity contribution < 1.29 is 4.42 Å². The third kappa shape index (κ3) is 3.83. The Bertz CT molecular complexity index is 1760. The number of fused-ring (bicyclic) bond motifs is 5. The van der Waals surface area contributed by atoms with E-state index < -0.39 is 0 Å². The van der Waals surface area contributed by atoms with Crippen LogP contribution in [-0.2, 0) is 6.42 Å². The van der Waals surface area contributed by atoms with Crippen LogP contribution in [0.15, 0.2) is 71.3 Å². The summed E-state index contributed by atoms with van der Waals surface area (Å²) in [6, 6.07) is 21.9. The van der Waals surface area contributed by atoms with Gasteiger partial charge in [0.05, 0.1) is 5.69 Å². The van der Waals surface area contributed by atoms with Crippen LogP contribution in [0.25, 0.3) is 54.4 Å². The summed E-state index contributed by atoms with van der Waals surface area (Å²) in [5.41, 5.74) is 10.5. The standard InChI is InChI=1S/C33H31NOS/c1-19-9-7-10-20(2)30(19)27-18-34-28(16-22(27)17-33(4,5)6)25-12-8-11-23-24-13-14-29-26(15-21(3)36-29)32(24)35-31(23)25/h7-16,18H,17H2,1-6H3. The van der Waals surface area contributed by atoms with Gasteiger partial charge in [0.15, 0.2) is 0 Å². The maximum absolute atomic E-state index is 6.63. The Hall–Kier alpha value is -3.43. The lowest BCUT2D eigenvalue weighted by Gasteiger charge is -2.22. The largest absolute Gasteiger partial charge is 0.455 e. The van der Waals surface area contributed by atoms with Gasteiger partial charge >= 0.3 is 0 Å². The first-order chi connectivity index (χ1) is 17.2. The zero-order chi connectivity index (χ0) is 25.2. The van der Waals surface area contributed by atoms with Crippen LogP contribution in [-0.4, -0.2) is 4.98 Å². The second-order valence-corrected chi connectivity index (χ2v) is 12.5. The smallest absolute Gasteiger partial charge is 0.144 e. The van der Waals surface area contributed by atoms with Crippen molar-refractivity contribution in [2.45, 2.75) is 48.0 Å². The SMILES string of the molecule is Cc1cc2c(ccc3c4cccc(-c5cc(CC(C)(C)C)c(-c6c(C)cccc6C)cn5)c4oc23)s1. The first-order valence-electron chi connectivity index (χ1n) is 12.6. The van der Waals surface area contributed by atoms with Gasteiger partial charge in [-0.3, -0.25) is 4.98 Å². The average molecular weight is 490 g/mol. The molecule has 0 unspecified atom stereocenters. The summed E-state index contributed by atoms with van der Waals surface area (Å²) < 4.78 is 7.89. The van der Waals surface area contributed by atoms with Crippen LogP contribution in [0, 0.1) is 26.2 Å². The second-order valence-electron chi connectivity index (χ2n) is 11.2. The molecule has 0 aliphatic rings. The molecule has 0 aliphatic carbocycles. The van der Waals surface area contributed by atoms with Gasteiger partial charge in [-0.1, -0.05) is 51.1 Å². The number of furan rings is 1. The summed E-state index contributed by atoms with van der Waals surface area (Å²) in [7, 11) is 0. The molecule has 6 rings (SSSR count). The van der Waals surface area contributed by atoms with E-state index in [1.807, 2.05) is 11.3 Å². The van der Waals surface area contributed by atoms with Crippen molar-refractivity contribution >= 4 is 43.4 Å². The molecular formula is C33H31NOS. The molecule has 6 aromatic rings. The summed E-state index contributed by atoms with van der Waals surface area (Å²) >= 11 is 1.81. The predicted octanol–water partition coefficient (Wildman–Crippen LogP) is 10.0. The fraction of sp³-hybridized carbons (Fsp3) is 0.242. The minimum absolute atomic E-state index is 0.151. The van der Waals surface area contributed by atoms with Crippen molar-refractivity contribution in [2.75, 3.05) is 0 Å². The maximum atomic E-state index is 6.63. The number of para-hydroxylation sites is 1. The molecule has 3 heteroatoms. The number of rotatable bonds is 3. The first-order valence-corrected chi connectivity index (χ1v) is 13.4.